The Balaban J connectivity index is 1.89. The lowest BCUT2D eigenvalue weighted by Gasteiger charge is -2.27. The molecule has 258 valence electrons. The highest BCUT2D eigenvalue weighted by Crippen LogP contribution is 2.44. The Morgan fingerprint density at radius 2 is 1.49 bits per heavy atom. The Morgan fingerprint density at radius 3 is 1.98 bits per heavy atom. The van der Waals surface area contributed by atoms with Crippen LogP contribution in [-0.2, 0) is 20.4 Å². The number of thiazole rings is 1. The molecule has 49 heavy (non-hydrogen) atoms. The van der Waals surface area contributed by atoms with E-state index in [9.17, 15) is 14.7 Å². The number of aromatic hydroxyl groups is 1. The normalized spacial score (nSPS) is 15.1. The molecule has 3 aromatic carbocycles. The van der Waals surface area contributed by atoms with E-state index in [0.717, 1.165) is 16.7 Å². The average molecular weight is 685 g/mol. The van der Waals surface area contributed by atoms with Crippen LogP contribution in [0.3, 0.4) is 0 Å². The maximum Gasteiger partial charge on any atom is 0.338 e. The number of aromatic nitrogens is 1. The van der Waals surface area contributed by atoms with Crippen LogP contribution in [0.15, 0.2) is 70.0 Å². The maximum atomic E-state index is 14.6. The molecule has 10 heteroatoms. The fourth-order valence-electron chi connectivity index (χ4n) is 6.05. The van der Waals surface area contributed by atoms with Crippen molar-refractivity contribution < 1.29 is 28.8 Å². The Morgan fingerprint density at radius 1 is 0.918 bits per heavy atom. The van der Waals surface area contributed by atoms with E-state index in [1.807, 2.05) is 90.1 Å². The second-order valence-corrected chi connectivity index (χ2v) is 14.9. The van der Waals surface area contributed by atoms with Crippen molar-refractivity contribution in [3.05, 3.63) is 108 Å². The summed E-state index contributed by atoms with van der Waals surface area (Å²) in [5.74, 6) is 0.777. The zero-order valence-electron chi connectivity index (χ0n) is 29.8. The number of methoxy groups -OCH3 is 3. The quantitative estimate of drug-likeness (QED) is 0.218. The van der Waals surface area contributed by atoms with Crippen LogP contribution in [0.5, 0.6) is 23.0 Å². The molecule has 2 heterocycles. The first-order valence-electron chi connectivity index (χ1n) is 16.1. The van der Waals surface area contributed by atoms with E-state index in [2.05, 4.69) is 0 Å². The molecule has 0 radical (unpaired) electrons. The fraction of sp³-hybridized carbons (Fsp3) is 0.359. The molecule has 0 unspecified atom stereocenters. The van der Waals surface area contributed by atoms with Gasteiger partial charge in [-0.1, -0.05) is 83.2 Å². The lowest BCUT2D eigenvalue weighted by Crippen LogP contribution is -2.40. The number of hydrogen-bond acceptors (Lipinski definition) is 9. The van der Waals surface area contributed by atoms with Gasteiger partial charge in [0.2, 0.25) is 5.75 Å². The third-order valence-corrected chi connectivity index (χ3v) is 9.41. The molecule has 4 aromatic rings. The second kappa shape index (κ2) is 13.6. The molecule has 0 saturated heterocycles. The molecular formula is C39H44N2O7S. The lowest BCUT2D eigenvalue weighted by molar-refractivity contribution is -0.138. The number of carbonyl (C=O) groups is 1. The zero-order valence-corrected chi connectivity index (χ0v) is 30.6. The number of ether oxygens (including phenoxy) is 4. The van der Waals surface area contributed by atoms with E-state index in [0.29, 0.717) is 43.4 Å². The third-order valence-electron chi connectivity index (χ3n) is 8.42. The van der Waals surface area contributed by atoms with Gasteiger partial charge in [0.05, 0.1) is 49.8 Å². The van der Waals surface area contributed by atoms with Gasteiger partial charge in [-0.2, -0.15) is 0 Å². The summed E-state index contributed by atoms with van der Waals surface area (Å²) in [6.07, 6.45) is 1.83. The smallest absolute Gasteiger partial charge is 0.338 e. The Kier molecular flexibility index (Phi) is 9.84. The van der Waals surface area contributed by atoms with E-state index in [1.165, 1.54) is 37.2 Å². The van der Waals surface area contributed by atoms with Gasteiger partial charge in [0.15, 0.2) is 16.3 Å². The molecule has 1 aliphatic rings. The van der Waals surface area contributed by atoms with Crippen molar-refractivity contribution in [1.29, 1.82) is 0 Å². The highest BCUT2D eigenvalue weighted by molar-refractivity contribution is 7.07. The standard InChI is InChI=1S/C39H44N2O7S/c1-11-48-36(44)30-31(23-15-13-12-14-16-23)40-37-41(32(30)24-20-27(45-8)34(47-10)28(21-24)46-9)35(43)29(49-37)19-22-17-25(38(2,3)4)33(42)26(18-22)39(5,6)7/h12-21,32,42H,11H2,1-10H3/b29-19-/t32-/m0/s1. The van der Waals surface area contributed by atoms with Gasteiger partial charge in [-0.15, -0.1) is 0 Å². The van der Waals surface area contributed by atoms with E-state index >= 15 is 0 Å². The summed E-state index contributed by atoms with van der Waals surface area (Å²) < 4.78 is 24.5. The van der Waals surface area contributed by atoms with Gasteiger partial charge in [-0.25, -0.2) is 9.79 Å². The van der Waals surface area contributed by atoms with Crippen molar-refractivity contribution in [2.24, 2.45) is 4.99 Å². The van der Waals surface area contributed by atoms with Gasteiger partial charge < -0.3 is 24.1 Å². The largest absolute Gasteiger partial charge is 0.507 e. The fourth-order valence-corrected chi connectivity index (χ4v) is 7.05. The summed E-state index contributed by atoms with van der Waals surface area (Å²) in [7, 11) is 4.54. The van der Waals surface area contributed by atoms with Gasteiger partial charge in [0.25, 0.3) is 5.56 Å². The summed E-state index contributed by atoms with van der Waals surface area (Å²) in [4.78, 5) is 33.9. The van der Waals surface area contributed by atoms with Crippen LogP contribution in [0.25, 0.3) is 11.8 Å². The monoisotopic (exact) mass is 684 g/mol. The first-order valence-corrected chi connectivity index (χ1v) is 16.9. The number of rotatable bonds is 8. The van der Waals surface area contributed by atoms with E-state index in [4.69, 9.17) is 23.9 Å². The SMILES string of the molecule is CCOC(=O)C1=C(c2ccccc2)N=c2s/c(=C\c3cc(C(C)(C)C)c(O)c(C(C)(C)C)c3)c(=O)n2[C@H]1c1cc(OC)c(OC)c(OC)c1. The summed E-state index contributed by atoms with van der Waals surface area (Å²) in [6.45, 7) is 14.1. The van der Waals surface area contributed by atoms with Gasteiger partial charge in [-0.05, 0) is 59.2 Å². The number of phenols is 1. The second-order valence-electron chi connectivity index (χ2n) is 13.9. The van der Waals surface area contributed by atoms with Crippen molar-refractivity contribution in [2.45, 2.75) is 65.3 Å². The van der Waals surface area contributed by atoms with Crippen LogP contribution < -0.4 is 29.1 Å². The van der Waals surface area contributed by atoms with Gasteiger partial charge in [0.1, 0.15) is 5.75 Å². The minimum atomic E-state index is -0.948. The molecule has 1 atom stereocenters. The van der Waals surface area contributed by atoms with E-state index in [1.54, 1.807) is 19.1 Å². The van der Waals surface area contributed by atoms with Crippen LogP contribution in [0.2, 0.25) is 0 Å². The zero-order chi connectivity index (χ0) is 35.8. The van der Waals surface area contributed by atoms with Crippen LogP contribution in [0, 0.1) is 0 Å². The molecule has 0 spiro atoms. The van der Waals surface area contributed by atoms with Crippen molar-refractivity contribution in [2.75, 3.05) is 27.9 Å². The summed E-state index contributed by atoms with van der Waals surface area (Å²) >= 11 is 1.23. The molecule has 1 aromatic heterocycles. The summed E-state index contributed by atoms with van der Waals surface area (Å²) in [5.41, 5.74) is 3.15. The highest BCUT2D eigenvalue weighted by Gasteiger charge is 2.36. The molecule has 0 amide bonds. The molecule has 1 aliphatic heterocycles. The van der Waals surface area contributed by atoms with E-state index < -0.39 is 12.0 Å². The number of fused-ring (bicyclic) bond motifs is 1. The first kappa shape index (κ1) is 35.5. The lowest BCUT2D eigenvalue weighted by atomic mass is 9.78. The Bertz CT molecular complexity index is 2050. The molecule has 0 fully saturated rings. The maximum absolute atomic E-state index is 14.6. The molecule has 1 N–H and O–H groups in total. The number of hydrogen-bond donors (Lipinski definition) is 1. The average Bonchev–Trinajstić information content (AvgIpc) is 3.37. The predicted octanol–water partition coefficient (Wildman–Crippen LogP) is 6.26. The van der Waals surface area contributed by atoms with E-state index in [-0.39, 0.29) is 34.3 Å². The predicted molar refractivity (Wildman–Crippen MR) is 193 cm³/mol. The van der Waals surface area contributed by atoms with Crippen LogP contribution in [-0.4, -0.2) is 43.6 Å². The number of esters is 1. The van der Waals surface area contributed by atoms with Crippen LogP contribution >= 0.6 is 11.3 Å². The van der Waals surface area contributed by atoms with Crippen LogP contribution in [0.4, 0.5) is 0 Å². The van der Waals surface area contributed by atoms with Crippen molar-refractivity contribution in [1.82, 2.24) is 4.57 Å². The van der Waals surface area contributed by atoms with Gasteiger partial charge in [0, 0.05) is 16.7 Å². The molecule has 0 bridgehead atoms. The van der Waals surface area contributed by atoms with Gasteiger partial charge in [-0.3, -0.25) is 9.36 Å². The van der Waals surface area contributed by atoms with Crippen molar-refractivity contribution in [3.63, 3.8) is 0 Å². The topological polar surface area (TPSA) is 109 Å². The molecule has 0 aliphatic carbocycles. The number of benzene rings is 3. The number of carbonyl (C=O) groups excluding carboxylic acids is 1. The number of phenolic OH excluding ortho intramolecular Hbond substituents is 1. The third kappa shape index (κ3) is 6.74. The summed E-state index contributed by atoms with van der Waals surface area (Å²) in [5, 5.41) is 11.3. The van der Waals surface area contributed by atoms with Gasteiger partial charge >= 0.3 is 5.97 Å². The van der Waals surface area contributed by atoms with Crippen molar-refractivity contribution in [3.8, 4) is 23.0 Å². The minimum absolute atomic E-state index is 0.129. The molecule has 0 saturated carbocycles. The molecule has 9 nitrogen and oxygen atoms in total. The molecular weight excluding hydrogens is 641 g/mol. The Hall–Kier alpha value is -4.83. The van der Waals surface area contributed by atoms with Crippen LogP contribution in [0.1, 0.15) is 82.3 Å². The first-order chi connectivity index (χ1) is 23.1. The summed E-state index contributed by atoms with van der Waals surface area (Å²) in [6, 6.07) is 15.8. The molecule has 5 rings (SSSR count). The highest BCUT2D eigenvalue weighted by atomic mass is 32.1. The minimum Gasteiger partial charge on any atom is -0.507 e. The van der Waals surface area contributed by atoms with Crippen molar-refractivity contribution >= 4 is 29.1 Å². The number of nitrogens with zero attached hydrogens (tertiary/aromatic N) is 2. The Labute approximate surface area is 290 Å².